The van der Waals surface area contributed by atoms with Crippen molar-refractivity contribution in [2.24, 2.45) is 0 Å². The highest BCUT2D eigenvalue weighted by Gasteiger charge is 2.25. The van der Waals surface area contributed by atoms with E-state index in [9.17, 15) is 4.39 Å². The molecule has 0 bridgehead atoms. The molecule has 1 fully saturated rings. The van der Waals surface area contributed by atoms with Crippen LogP contribution in [0.1, 0.15) is 39.2 Å². The Morgan fingerprint density at radius 1 is 1.27 bits per heavy atom. The van der Waals surface area contributed by atoms with Gasteiger partial charge in [0.2, 0.25) is 0 Å². The molecule has 0 saturated heterocycles. The van der Waals surface area contributed by atoms with Crippen LogP contribution in [0.15, 0.2) is 18.2 Å². The molecule has 1 aromatic rings. The van der Waals surface area contributed by atoms with E-state index in [1.165, 1.54) is 6.07 Å². The van der Waals surface area contributed by atoms with Crippen molar-refractivity contribution < 1.29 is 9.13 Å². The van der Waals surface area contributed by atoms with Crippen LogP contribution in [0.4, 0.5) is 4.39 Å². The van der Waals surface area contributed by atoms with Crippen molar-refractivity contribution in [1.29, 1.82) is 0 Å². The minimum Gasteiger partial charge on any atom is -0.487 e. The Morgan fingerprint density at radius 2 is 1.93 bits per heavy atom. The third kappa shape index (κ3) is 2.49. The number of rotatable bonds is 2. The van der Waals surface area contributed by atoms with Gasteiger partial charge in [-0.3, -0.25) is 0 Å². The first-order valence-corrected chi connectivity index (χ1v) is 5.43. The summed E-state index contributed by atoms with van der Waals surface area (Å²) in [6, 6.07) is 5.15. The predicted molar refractivity (Wildman–Crippen MR) is 58.8 cm³/mol. The monoisotopic (exact) mass is 208 g/mol. The van der Waals surface area contributed by atoms with E-state index in [1.54, 1.807) is 0 Å². The van der Waals surface area contributed by atoms with Crippen molar-refractivity contribution >= 4 is 0 Å². The van der Waals surface area contributed by atoms with Crippen molar-refractivity contribution in [3.05, 3.63) is 29.6 Å². The lowest BCUT2D eigenvalue weighted by Gasteiger charge is -2.20. The molecule has 1 aliphatic carbocycles. The molecule has 1 nitrogen and oxygen atoms in total. The largest absolute Gasteiger partial charge is 0.487 e. The number of halogens is 1. The molecule has 0 N–H and O–H groups in total. The van der Waals surface area contributed by atoms with Gasteiger partial charge < -0.3 is 4.74 Å². The smallest absolute Gasteiger partial charge is 0.165 e. The highest BCUT2D eigenvalue weighted by Crippen LogP contribution is 2.32. The summed E-state index contributed by atoms with van der Waals surface area (Å²) in [5.41, 5.74) is 1.15. The van der Waals surface area contributed by atoms with Crippen LogP contribution in [-0.2, 0) is 5.41 Å². The quantitative estimate of drug-likeness (QED) is 0.720. The summed E-state index contributed by atoms with van der Waals surface area (Å²) < 4.78 is 18.9. The van der Waals surface area contributed by atoms with Crippen LogP contribution in [-0.4, -0.2) is 6.10 Å². The first-order valence-electron chi connectivity index (χ1n) is 5.43. The number of benzene rings is 1. The maximum Gasteiger partial charge on any atom is 0.165 e. The van der Waals surface area contributed by atoms with E-state index in [0.29, 0.717) is 5.75 Å². The summed E-state index contributed by atoms with van der Waals surface area (Å²) in [4.78, 5) is 0. The number of hydrogen-bond donors (Lipinski definition) is 0. The third-order valence-corrected chi connectivity index (χ3v) is 2.62. The molecule has 0 radical (unpaired) electrons. The molecule has 0 aliphatic heterocycles. The maximum absolute atomic E-state index is 13.4. The number of hydrogen-bond acceptors (Lipinski definition) is 1. The lowest BCUT2D eigenvalue weighted by atomic mass is 9.87. The first kappa shape index (κ1) is 10.5. The van der Waals surface area contributed by atoms with Crippen LogP contribution in [0.3, 0.4) is 0 Å². The van der Waals surface area contributed by atoms with Crippen LogP contribution < -0.4 is 4.74 Å². The molecule has 1 aromatic carbocycles. The van der Waals surface area contributed by atoms with Crippen molar-refractivity contribution in [3.63, 3.8) is 0 Å². The van der Waals surface area contributed by atoms with Crippen LogP contribution >= 0.6 is 0 Å². The zero-order chi connectivity index (χ0) is 11.1. The van der Waals surface area contributed by atoms with E-state index in [1.807, 2.05) is 12.1 Å². The van der Waals surface area contributed by atoms with Crippen LogP contribution in [0.2, 0.25) is 0 Å². The fourth-order valence-corrected chi connectivity index (χ4v) is 1.43. The second kappa shape index (κ2) is 3.51. The molecule has 0 heterocycles. The standard InChI is InChI=1S/C13H17FO/c1-13(2,3)9-4-7-11(14)12(8-9)15-10-5-6-10/h4,7-8,10H,5-6H2,1-3H3. The minimum absolute atomic E-state index is 0.0371. The summed E-state index contributed by atoms with van der Waals surface area (Å²) in [5.74, 6) is 0.153. The molecule has 0 amide bonds. The van der Waals surface area contributed by atoms with Crippen molar-refractivity contribution in [1.82, 2.24) is 0 Å². The van der Waals surface area contributed by atoms with Gasteiger partial charge in [0, 0.05) is 0 Å². The summed E-state index contributed by atoms with van der Waals surface area (Å²) in [7, 11) is 0. The molecule has 0 unspecified atom stereocenters. The van der Waals surface area contributed by atoms with Gasteiger partial charge in [-0.1, -0.05) is 26.8 Å². The molecule has 0 spiro atoms. The van der Waals surface area contributed by atoms with Gasteiger partial charge in [0.05, 0.1) is 6.10 Å². The first-order chi connectivity index (χ1) is 6.97. The summed E-state index contributed by atoms with van der Waals surface area (Å²) >= 11 is 0. The Bertz CT molecular complexity index is 361. The van der Waals surface area contributed by atoms with Crippen molar-refractivity contribution in [2.45, 2.75) is 45.1 Å². The fraction of sp³-hybridized carbons (Fsp3) is 0.538. The molecule has 0 atom stereocenters. The van der Waals surface area contributed by atoms with Crippen LogP contribution in [0.5, 0.6) is 5.75 Å². The molecule has 2 heteroatoms. The normalized spacial score (nSPS) is 16.5. The van der Waals surface area contributed by atoms with Crippen LogP contribution in [0.25, 0.3) is 0 Å². The van der Waals surface area contributed by atoms with E-state index in [4.69, 9.17) is 4.74 Å². The highest BCUT2D eigenvalue weighted by molar-refractivity contribution is 5.34. The molecule has 15 heavy (non-hydrogen) atoms. The van der Waals surface area contributed by atoms with Crippen molar-refractivity contribution in [2.75, 3.05) is 0 Å². The second-order valence-corrected chi connectivity index (χ2v) is 5.21. The lowest BCUT2D eigenvalue weighted by Crippen LogP contribution is -2.11. The summed E-state index contributed by atoms with van der Waals surface area (Å²) in [6.45, 7) is 6.34. The molecular weight excluding hydrogens is 191 g/mol. The number of ether oxygens (including phenoxy) is 1. The summed E-state index contributed by atoms with van der Waals surface area (Å²) in [5, 5.41) is 0. The van der Waals surface area contributed by atoms with E-state index in [-0.39, 0.29) is 17.3 Å². The topological polar surface area (TPSA) is 9.23 Å². The molecule has 2 rings (SSSR count). The molecule has 82 valence electrons. The zero-order valence-electron chi connectivity index (χ0n) is 9.51. The average Bonchev–Trinajstić information content (AvgIpc) is 2.90. The Labute approximate surface area is 90.3 Å². The van der Waals surface area contributed by atoms with Gasteiger partial charge >= 0.3 is 0 Å². The van der Waals surface area contributed by atoms with Gasteiger partial charge in [0.25, 0.3) is 0 Å². The second-order valence-electron chi connectivity index (χ2n) is 5.21. The van der Waals surface area contributed by atoms with Gasteiger partial charge in [0.15, 0.2) is 11.6 Å². The van der Waals surface area contributed by atoms with E-state index in [0.717, 1.165) is 18.4 Å². The SMILES string of the molecule is CC(C)(C)c1ccc(F)c(OC2CC2)c1. The maximum atomic E-state index is 13.4. The fourth-order valence-electron chi connectivity index (χ4n) is 1.43. The predicted octanol–water partition coefficient (Wildman–Crippen LogP) is 3.66. The van der Waals surface area contributed by atoms with Gasteiger partial charge in [-0.25, -0.2) is 4.39 Å². The highest BCUT2D eigenvalue weighted by atomic mass is 19.1. The van der Waals surface area contributed by atoms with Crippen molar-refractivity contribution in [3.8, 4) is 5.75 Å². The average molecular weight is 208 g/mol. The Morgan fingerprint density at radius 3 is 2.47 bits per heavy atom. The molecular formula is C13H17FO. The van der Waals surface area contributed by atoms with Crippen LogP contribution in [0, 0.1) is 5.82 Å². The van der Waals surface area contributed by atoms with Gasteiger partial charge in [0.1, 0.15) is 0 Å². The van der Waals surface area contributed by atoms with Gasteiger partial charge in [-0.15, -0.1) is 0 Å². The summed E-state index contributed by atoms with van der Waals surface area (Å²) in [6.07, 6.45) is 2.35. The molecule has 0 aromatic heterocycles. The third-order valence-electron chi connectivity index (χ3n) is 2.62. The Hall–Kier alpha value is -1.05. The Balaban J connectivity index is 2.27. The zero-order valence-corrected chi connectivity index (χ0v) is 9.51. The molecule has 1 aliphatic rings. The minimum atomic E-state index is -0.255. The lowest BCUT2D eigenvalue weighted by molar-refractivity contribution is 0.286. The van der Waals surface area contributed by atoms with Gasteiger partial charge in [-0.2, -0.15) is 0 Å². The van der Waals surface area contributed by atoms with E-state index in [2.05, 4.69) is 20.8 Å². The molecule has 1 saturated carbocycles. The van der Waals surface area contributed by atoms with Gasteiger partial charge in [-0.05, 0) is 36.0 Å². The van der Waals surface area contributed by atoms with E-state index < -0.39 is 0 Å². The van der Waals surface area contributed by atoms with E-state index >= 15 is 0 Å². The Kier molecular flexibility index (Phi) is 2.45.